The Labute approximate surface area is 205 Å². The van der Waals surface area contributed by atoms with E-state index in [0.29, 0.717) is 35.5 Å². The second-order valence-corrected chi connectivity index (χ2v) is 8.93. The van der Waals surface area contributed by atoms with Gasteiger partial charge in [0.05, 0.1) is 7.11 Å². The van der Waals surface area contributed by atoms with Gasteiger partial charge in [0.2, 0.25) is 11.8 Å². The first-order valence-corrected chi connectivity index (χ1v) is 11.8. The van der Waals surface area contributed by atoms with Crippen molar-refractivity contribution in [2.75, 3.05) is 38.0 Å². The van der Waals surface area contributed by atoms with Gasteiger partial charge in [0.1, 0.15) is 11.4 Å². The average Bonchev–Trinajstić information content (AvgIpc) is 3.31. The van der Waals surface area contributed by atoms with E-state index in [2.05, 4.69) is 25.6 Å². The Morgan fingerprint density at radius 2 is 1.91 bits per heavy atom. The summed E-state index contributed by atoms with van der Waals surface area (Å²) >= 11 is 0. The zero-order chi connectivity index (χ0) is 24.8. The van der Waals surface area contributed by atoms with Crippen molar-refractivity contribution in [2.45, 2.75) is 32.2 Å². The van der Waals surface area contributed by atoms with E-state index in [1.165, 1.54) is 0 Å². The van der Waals surface area contributed by atoms with Crippen molar-refractivity contribution in [1.29, 1.82) is 0 Å². The lowest BCUT2D eigenvalue weighted by Crippen LogP contribution is -2.29. The Morgan fingerprint density at radius 3 is 2.69 bits per heavy atom. The topological polar surface area (TPSA) is 102 Å². The maximum atomic E-state index is 13.0. The number of methoxy groups -OCH3 is 1. The van der Waals surface area contributed by atoms with Crippen LogP contribution in [-0.2, 0) is 0 Å². The number of benzene rings is 1. The summed E-state index contributed by atoms with van der Waals surface area (Å²) < 4.78 is 11.3. The quantitative estimate of drug-likeness (QED) is 0.477. The molecule has 4 rings (SSSR count). The molecule has 0 bridgehead atoms. The molecular formula is C26H32N6O3. The normalized spacial score (nSPS) is 17.0. The van der Waals surface area contributed by atoms with Crippen LogP contribution in [0.2, 0.25) is 0 Å². The molecule has 2 N–H and O–H groups in total. The summed E-state index contributed by atoms with van der Waals surface area (Å²) in [6.07, 6.45) is 6.40. The molecule has 0 radical (unpaired) electrons. The van der Waals surface area contributed by atoms with Crippen LogP contribution in [0.15, 0.2) is 48.8 Å². The molecule has 1 amide bonds. The molecule has 1 aromatic carbocycles. The van der Waals surface area contributed by atoms with Crippen molar-refractivity contribution in [3.63, 3.8) is 0 Å². The summed E-state index contributed by atoms with van der Waals surface area (Å²) in [6.45, 7) is 2.58. The maximum absolute atomic E-state index is 13.0. The Hall–Kier alpha value is -3.88. The number of carbonyl (C=O) groups is 1. The van der Waals surface area contributed by atoms with Crippen molar-refractivity contribution in [2.24, 2.45) is 5.92 Å². The summed E-state index contributed by atoms with van der Waals surface area (Å²) in [4.78, 5) is 28.3. The average molecular weight is 477 g/mol. The summed E-state index contributed by atoms with van der Waals surface area (Å²) in [5.41, 5.74) is 1.42. The van der Waals surface area contributed by atoms with Crippen molar-refractivity contribution in [1.82, 2.24) is 20.3 Å². The standard InChI is InChI=1S/C26H32N6O3/c1-17-15-29-26(31-23(17)32(2)3)30-19-12-11-18(14-19)16-28-24(33)20-8-7-13-27-25(20)35-22-10-6-5-9-21(22)34-4/h5-10,13,15,18-19H,11-12,14,16H2,1-4H3,(H,28,33)(H,29,30,31)/t18-,19+/m1/s1. The van der Waals surface area contributed by atoms with Crippen LogP contribution in [-0.4, -0.2) is 54.7 Å². The molecule has 0 saturated heterocycles. The summed E-state index contributed by atoms with van der Waals surface area (Å²) in [5.74, 6) is 3.03. The minimum Gasteiger partial charge on any atom is -0.493 e. The molecule has 9 nitrogen and oxygen atoms in total. The molecule has 1 aliphatic carbocycles. The van der Waals surface area contributed by atoms with Crippen molar-refractivity contribution < 1.29 is 14.3 Å². The van der Waals surface area contributed by atoms with Crippen molar-refractivity contribution in [3.8, 4) is 17.4 Å². The van der Waals surface area contributed by atoms with E-state index in [1.807, 2.05) is 44.2 Å². The van der Waals surface area contributed by atoms with Crippen LogP contribution in [0, 0.1) is 12.8 Å². The SMILES string of the molecule is COc1ccccc1Oc1ncccc1C(=O)NC[C@@H]1CC[C@H](Nc2ncc(C)c(N(C)C)n2)C1. The second kappa shape index (κ2) is 11.0. The smallest absolute Gasteiger partial charge is 0.256 e. The predicted molar refractivity (Wildman–Crippen MR) is 135 cm³/mol. The minimum atomic E-state index is -0.211. The summed E-state index contributed by atoms with van der Waals surface area (Å²) in [7, 11) is 5.52. The lowest BCUT2D eigenvalue weighted by molar-refractivity contribution is 0.0944. The van der Waals surface area contributed by atoms with E-state index in [0.717, 1.165) is 30.6 Å². The van der Waals surface area contributed by atoms with Crippen LogP contribution >= 0.6 is 0 Å². The first kappa shape index (κ1) is 24.3. The molecule has 1 saturated carbocycles. The van der Waals surface area contributed by atoms with Gasteiger partial charge < -0.3 is 25.0 Å². The first-order valence-electron chi connectivity index (χ1n) is 11.8. The number of aryl methyl sites for hydroxylation is 1. The highest BCUT2D eigenvalue weighted by Gasteiger charge is 2.26. The van der Waals surface area contributed by atoms with Gasteiger partial charge in [-0.15, -0.1) is 0 Å². The van der Waals surface area contributed by atoms with Crippen LogP contribution in [0.25, 0.3) is 0 Å². The van der Waals surface area contributed by atoms with Crippen molar-refractivity contribution in [3.05, 3.63) is 59.9 Å². The summed E-state index contributed by atoms with van der Waals surface area (Å²) in [5, 5.41) is 6.51. The highest BCUT2D eigenvalue weighted by Crippen LogP contribution is 2.32. The van der Waals surface area contributed by atoms with Gasteiger partial charge in [-0.25, -0.2) is 9.97 Å². The fraction of sp³-hybridized carbons (Fsp3) is 0.385. The molecule has 0 aliphatic heterocycles. The highest BCUT2D eigenvalue weighted by atomic mass is 16.5. The highest BCUT2D eigenvalue weighted by molar-refractivity contribution is 5.96. The van der Waals surface area contributed by atoms with Crippen molar-refractivity contribution >= 4 is 17.7 Å². The third-order valence-electron chi connectivity index (χ3n) is 6.09. The Kier molecular flexibility index (Phi) is 7.64. The number of rotatable bonds is 9. The number of nitrogens with one attached hydrogen (secondary N) is 2. The van der Waals surface area contributed by atoms with Crippen LogP contribution in [0.5, 0.6) is 17.4 Å². The van der Waals surface area contributed by atoms with Crippen LogP contribution in [0.4, 0.5) is 11.8 Å². The number of hydrogen-bond donors (Lipinski definition) is 2. The molecular weight excluding hydrogens is 444 g/mol. The number of pyridine rings is 1. The van der Waals surface area contributed by atoms with E-state index in [9.17, 15) is 4.79 Å². The van der Waals surface area contributed by atoms with E-state index in [1.54, 1.807) is 37.6 Å². The van der Waals surface area contributed by atoms with E-state index < -0.39 is 0 Å². The molecule has 0 unspecified atom stereocenters. The van der Waals surface area contributed by atoms with Gasteiger partial charge >= 0.3 is 0 Å². The summed E-state index contributed by atoms with van der Waals surface area (Å²) in [6, 6.07) is 11.0. The Bertz CT molecular complexity index is 1170. The first-order chi connectivity index (χ1) is 16.9. The number of amides is 1. The number of para-hydroxylation sites is 2. The molecule has 1 fully saturated rings. The van der Waals surface area contributed by atoms with E-state index >= 15 is 0 Å². The number of carbonyl (C=O) groups excluding carboxylic acids is 1. The second-order valence-electron chi connectivity index (χ2n) is 8.93. The maximum Gasteiger partial charge on any atom is 0.256 e. The van der Waals surface area contributed by atoms with Gasteiger partial charge in [-0.3, -0.25) is 4.79 Å². The number of aromatic nitrogens is 3. The monoisotopic (exact) mass is 476 g/mol. The predicted octanol–water partition coefficient (Wildman–Crippen LogP) is 4.06. The zero-order valence-corrected chi connectivity index (χ0v) is 20.6. The number of ether oxygens (including phenoxy) is 2. The lowest BCUT2D eigenvalue weighted by atomic mass is 10.1. The van der Waals surface area contributed by atoms with E-state index in [4.69, 9.17) is 9.47 Å². The van der Waals surface area contributed by atoms with Gasteiger partial charge in [0.15, 0.2) is 11.5 Å². The molecule has 0 spiro atoms. The molecule has 9 heteroatoms. The van der Waals surface area contributed by atoms with Crippen LogP contribution in [0.3, 0.4) is 0 Å². The van der Waals surface area contributed by atoms with Gasteiger partial charge in [0, 0.05) is 44.6 Å². The molecule has 3 aromatic rings. The fourth-order valence-corrected chi connectivity index (χ4v) is 4.31. The molecule has 2 aromatic heterocycles. The lowest BCUT2D eigenvalue weighted by Gasteiger charge is -2.18. The number of hydrogen-bond acceptors (Lipinski definition) is 8. The number of nitrogens with zero attached hydrogens (tertiary/aromatic N) is 4. The third-order valence-corrected chi connectivity index (χ3v) is 6.09. The third kappa shape index (κ3) is 5.98. The fourth-order valence-electron chi connectivity index (χ4n) is 4.31. The molecule has 184 valence electrons. The molecule has 2 atom stereocenters. The van der Waals surface area contributed by atoms with Gasteiger partial charge in [-0.05, 0) is 56.4 Å². The zero-order valence-electron chi connectivity index (χ0n) is 20.6. The Balaban J connectivity index is 1.33. The number of anilines is 2. The van der Waals surface area contributed by atoms with Gasteiger partial charge in [-0.2, -0.15) is 4.98 Å². The Morgan fingerprint density at radius 1 is 1.11 bits per heavy atom. The molecule has 35 heavy (non-hydrogen) atoms. The van der Waals surface area contributed by atoms with Crippen LogP contribution in [0.1, 0.15) is 35.2 Å². The molecule has 2 heterocycles. The van der Waals surface area contributed by atoms with E-state index in [-0.39, 0.29) is 17.8 Å². The van der Waals surface area contributed by atoms with Crippen LogP contribution < -0.4 is 25.0 Å². The van der Waals surface area contributed by atoms with Gasteiger partial charge in [0.25, 0.3) is 5.91 Å². The molecule has 1 aliphatic rings. The van der Waals surface area contributed by atoms with Gasteiger partial charge in [-0.1, -0.05) is 12.1 Å². The minimum absolute atomic E-state index is 0.211. The largest absolute Gasteiger partial charge is 0.493 e.